The second kappa shape index (κ2) is 14.3. The number of halogens is 2. The number of nitrogens with zero attached hydrogens (tertiary/aromatic N) is 2. The normalized spacial score (nSPS) is 13.0. The van der Waals surface area contributed by atoms with Gasteiger partial charge in [0, 0.05) is 19.0 Å². The Bertz CT molecular complexity index is 1230. The van der Waals surface area contributed by atoms with Crippen LogP contribution in [0.2, 0.25) is 0 Å². The van der Waals surface area contributed by atoms with Gasteiger partial charge in [0.1, 0.15) is 11.6 Å². The van der Waals surface area contributed by atoms with Gasteiger partial charge in [-0.3, -0.25) is 19.6 Å². The number of ether oxygens (including phenoxy) is 2. The van der Waals surface area contributed by atoms with Gasteiger partial charge in [-0.2, -0.15) is 0 Å². The Morgan fingerprint density at radius 1 is 0.919 bits per heavy atom. The van der Waals surface area contributed by atoms with Gasteiger partial charge in [-0.1, -0.05) is 30.3 Å². The number of Topliss-reactive ketones (excluding diaryl/α,β-unsaturated/α-hetero) is 2. The molecule has 37 heavy (non-hydrogen) atoms. The predicted molar refractivity (Wildman–Crippen MR) is 133 cm³/mol. The van der Waals surface area contributed by atoms with Crippen molar-refractivity contribution in [1.29, 1.82) is 0 Å². The molecule has 0 amide bonds. The van der Waals surface area contributed by atoms with E-state index in [1.807, 2.05) is 0 Å². The number of carbonyl (C=O) groups excluding carboxylic acids is 4. The number of rotatable bonds is 8. The lowest BCUT2D eigenvalue weighted by molar-refractivity contribution is -0.136. The van der Waals surface area contributed by atoms with E-state index < -0.39 is 23.5 Å². The van der Waals surface area contributed by atoms with Crippen LogP contribution in [0.4, 0.5) is 8.78 Å². The van der Waals surface area contributed by atoms with E-state index in [4.69, 9.17) is 9.47 Å². The Balaban J connectivity index is 0.000000261. The summed E-state index contributed by atoms with van der Waals surface area (Å²) in [5.41, 5.74) is 1.10. The fourth-order valence-electron chi connectivity index (χ4n) is 3.16. The molecule has 0 N–H and O–H groups in total. The summed E-state index contributed by atoms with van der Waals surface area (Å²) in [5.74, 6) is -3.14. The summed E-state index contributed by atoms with van der Waals surface area (Å²) in [7, 11) is 1.36. The van der Waals surface area contributed by atoms with Crippen molar-refractivity contribution in [2.24, 2.45) is 9.98 Å². The molecule has 0 fully saturated rings. The molecule has 8 nitrogen and oxygen atoms in total. The maximum absolute atomic E-state index is 12.9. The van der Waals surface area contributed by atoms with Gasteiger partial charge in [-0.05, 0) is 49.2 Å². The highest BCUT2D eigenvalue weighted by Crippen LogP contribution is 2.19. The van der Waals surface area contributed by atoms with Crippen LogP contribution in [0.15, 0.2) is 64.6 Å². The van der Waals surface area contributed by atoms with E-state index in [1.165, 1.54) is 55.6 Å². The zero-order valence-corrected chi connectivity index (χ0v) is 20.6. The Kier molecular flexibility index (Phi) is 11.1. The molecule has 0 radical (unpaired) electrons. The maximum atomic E-state index is 12.9. The van der Waals surface area contributed by atoms with Crippen LogP contribution in [0.1, 0.15) is 25.0 Å². The maximum Gasteiger partial charge on any atom is 0.360 e. The second-order valence-corrected chi connectivity index (χ2v) is 7.38. The SMILES string of the molecule is CCOC(=O)C(=NC)C(=O)Cc1ccc(F)cc1.CCOC(=O)C1=NCC=C(c2ccc(F)cc2)C1=O. The summed E-state index contributed by atoms with van der Waals surface area (Å²) < 4.78 is 35.0. The summed E-state index contributed by atoms with van der Waals surface area (Å²) in [6.07, 6.45) is 1.60. The number of carbonyl (C=O) groups is 4. The standard InChI is InChI=1S/C14H12FNO3.C13H14FNO3/c1-2-19-14(18)12-13(17)11(7-8-16-12)9-3-5-10(15)6-4-9;1-3-18-13(17)12(15-2)11(16)8-9-4-6-10(14)7-5-9/h3-7H,2,8H2,1H3;4-7H,3,8H2,1-2H3. The lowest BCUT2D eigenvalue weighted by Crippen LogP contribution is -2.29. The van der Waals surface area contributed by atoms with Crippen LogP contribution in [0, 0.1) is 11.6 Å². The number of aliphatic imine (C=N–C) groups is 2. The minimum absolute atomic E-state index is 0.00817. The molecule has 1 aliphatic heterocycles. The molecule has 0 bridgehead atoms. The molecular weight excluding hydrogens is 486 g/mol. The molecule has 1 heterocycles. The van der Waals surface area contributed by atoms with Crippen LogP contribution in [0.25, 0.3) is 5.57 Å². The van der Waals surface area contributed by atoms with Crippen LogP contribution in [-0.4, -0.2) is 61.7 Å². The van der Waals surface area contributed by atoms with Crippen molar-refractivity contribution in [2.45, 2.75) is 20.3 Å². The van der Waals surface area contributed by atoms with Gasteiger partial charge in [-0.15, -0.1) is 0 Å². The number of benzene rings is 2. The highest BCUT2D eigenvalue weighted by atomic mass is 19.1. The molecule has 0 saturated heterocycles. The lowest BCUT2D eigenvalue weighted by atomic mass is 9.96. The van der Waals surface area contributed by atoms with Crippen molar-refractivity contribution in [3.8, 4) is 0 Å². The van der Waals surface area contributed by atoms with Gasteiger partial charge < -0.3 is 9.47 Å². The highest BCUT2D eigenvalue weighted by Gasteiger charge is 2.27. The molecule has 2 aromatic carbocycles. The third-order valence-electron chi connectivity index (χ3n) is 4.86. The first-order valence-corrected chi connectivity index (χ1v) is 11.4. The molecule has 194 valence electrons. The fraction of sp³-hybridized carbons (Fsp3) is 0.259. The number of hydrogen-bond acceptors (Lipinski definition) is 8. The van der Waals surface area contributed by atoms with E-state index >= 15 is 0 Å². The largest absolute Gasteiger partial charge is 0.461 e. The molecular formula is C27H26F2N2O6. The van der Waals surface area contributed by atoms with Crippen molar-refractivity contribution in [2.75, 3.05) is 26.8 Å². The molecule has 2 aromatic rings. The Morgan fingerprint density at radius 3 is 2.03 bits per heavy atom. The van der Waals surface area contributed by atoms with Crippen LogP contribution >= 0.6 is 0 Å². The molecule has 3 rings (SSSR count). The third-order valence-corrected chi connectivity index (χ3v) is 4.86. The summed E-state index contributed by atoms with van der Waals surface area (Å²) in [5, 5.41) is 0. The summed E-state index contributed by atoms with van der Waals surface area (Å²) >= 11 is 0. The van der Waals surface area contributed by atoms with Crippen LogP contribution in [-0.2, 0) is 35.1 Å². The quantitative estimate of drug-likeness (QED) is 0.305. The second-order valence-electron chi connectivity index (χ2n) is 7.38. The average Bonchev–Trinajstić information content (AvgIpc) is 2.87. The van der Waals surface area contributed by atoms with E-state index in [2.05, 4.69) is 9.98 Å². The number of allylic oxidation sites excluding steroid dienone is 1. The topological polar surface area (TPSA) is 111 Å². The molecule has 0 unspecified atom stereocenters. The van der Waals surface area contributed by atoms with Crippen molar-refractivity contribution >= 4 is 40.5 Å². The Hall–Kier alpha value is -4.34. The molecule has 10 heteroatoms. The van der Waals surface area contributed by atoms with Gasteiger partial charge in [0.15, 0.2) is 17.2 Å². The first-order valence-electron chi connectivity index (χ1n) is 11.4. The van der Waals surface area contributed by atoms with Crippen LogP contribution in [0.5, 0.6) is 0 Å². The van der Waals surface area contributed by atoms with Gasteiger partial charge in [0.05, 0.1) is 19.8 Å². The van der Waals surface area contributed by atoms with E-state index in [1.54, 1.807) is 19.9 Å². The summed E-state index contributed by atoms with van der Waals surface area (Å²) in [6.45, 7) is 3.90. The minimum Gasteiger partial charge on any atom is -0.461 e. The Labute approximate surface area is 212 Å². The minimum atomic E-state index is -0.730. The summed E-state index contributed by atoms with van der Waals surface area (Å²) in [6, 6.07) is 11.0. The van der Waals surface area contributed by atoms with Gasteiger partial charge >= 0.3 is 11.9 Å². The van der Waals surface area contributed by atoms with E-state index in [-0.39, 0.29) is 49.2 Å². The molecule has 0 aromatic heterocycles. The van der Waals surface area contributed by atoms with Gasteiger partial charge in [0.2, 0.25) is 5.78 Å². The monoisotopic (exact) mass is 512 g/mol. The van der Waals surface area contributed by atoms with Crippen molar-refractivity contribution in [3.05, 3.63) is 77.4 Å². The van der Waals surface area contributed by atoms with Gasteiger partial charge in [-0.25, -0.2) is 18.4 Å². The van der Waals surface area contributed by atoms with Crippen molar-refractivity contribution < 1.29 is 37.4 Å². The highest BCUT2D eigenvalue weighted by molar-refractivity contribution is 6.73. The van der Waals surface area contributed by atoms with E-state index in [0.29, 0.717) is 16.7 Å². The number of esters is 2. The Morgan fingerprint density at radius 2 is 1.49 bits per heavy atom. The zero-order valence-electron chi connectivity index (χ0n) is 20.6. The number of hydrogen-bond donors (Lipinski definition) is 0. The smallest absolute Gasteiger partial charge is 0.360 e. The zero-order chi connectivity index (χ0) is 27.4. The molecule has 0 saturated carbocycles. The fourth-order valence-corrected chi connectivity index (χ4v) is 3.16. The van der Waals surface area contributed by atoms with E-state index in [9.17, 15) is 28.0 Å². The number of dihydropyridines is 1. The van der Waals surface area contributed by atoms with Crippen LogP contribution in [0.3, 0.4) is 0 Å². The molecule has 0 aliphatic carbocycles. The lowest BCUT2D eigenvalue weighted by Gasteiger charge is -2.12. The number of ketones is 2. The van der Waals surface area contributed by atoms with Crippen molar-refractivity contribution in [3.63, 3.8) is 0 Å². The van der Waals surface area contributed by atoms with Gasteiger partial charge in [0.25, 0.3) is 0 Å². The first-order chi connectivity index (χ1) is 17.7. The molecule has 0 atom stereocenters. The first kappa shape index (κ1) is 28.9. The molecule has 1 aliphatic rings. The summed E-state index contributed by atoms with van der Waals surface area (Å²) in [4.78, 5) is 54.5. The average molecular weight is 513 g/mol. The predicted octanol–water partition coefficient (Wildman–Crippen LogP) is 3.37. The van der Waals surface area contributed by atoms with Crippen molar-refractivity contribution in [1.82, 2.24) is 0 Å². The van der Waals surface area contributed by atoms with E-state index in [0.717, 1.165) is 0 Å². The van der Waals surface area contributed by atoms with Crippen LogP contribution < -0.4 is 0 Å². The third kappa shape index (κ3) is 8.38. The molecule has 0 spiro atoms.